The number of anilines is 2. The highest BCUT2D eigenvalue weighted by molar-refractivity contribution is 6.28. The third-order valence-electron chi connectivity index (χ3n) is 2.86. The molecule has 104 valence electrons. The summed E-state index contributed by atoms with van der Waals surface area (Å²) >= 11 is 5.72. The van der Waals surface area contributed by atoms with E-state index in [1.165, 1.54) is 6.20 Å². The number of fused-ring (bicyclic) bond motifs is 1. The zero-order valence-corrected chi connectivity index (χ0v) is 11.4. The molecule has 0 aliphatic heterocycles. The van der Waals surface area contributed by atoms with Crippen LogP contribution in [-0.4, -0.2) is 26.0 Å². The lowest BCUT2D eigenvalue weighted by molar-refractivity contribution is 0.0697. The van der Waals surface area contributed by atoms with Crippen LogP contribution in [0.1, 0.15) is 10.4 Å². The normalized spacial score (nSPS) is 10.5. The van der Waals surface area contributed by atoms with E-state index in [1.807, 2.05) is 24.3 Å². The average molecular weight is 301 g/mol. The van der Waals surface area contributed by atoms with Crippen LogP contribution in [0.15, 0.2) is 42.7 Å². The number of carboxylic acid groups (broad SMARTS) is 1. The van der Waals surface area contributed by atoms with Crippen molar-refractivity contribution in [1.29, 1.82) is 0 Å². The number of hydrogen-bond acceptors (Lipinski definition) is 5. The molecule has 0 atom stereocenters. The fourth-order valence-corrected chi connectivity index (χ4v) is 2.04. The highest BCUT2D eigenvalue weighted by Crippen LogP contribution is 2.23. The highest BCUT2D eigenvalue weighted by Gasteiger charge is 2.13. The first-order chi connectivity index (χ1) is 10.1. The van der Waals surface area contributed by atoms with E-state index >= 15 is 0 Å². The summed E-state index contributed by atoms with van der Waals surface area (Å²) in [6.07, 6.45) is 2.88. The zero-order chi connectivity index (χ0) is 14.8. The summed E-state index contributed by atoms with van der Waals surface area (Å²) in [5, 5.41) is 13.0. The third kappa shape index (κ3) is 2.75. The van der Waals surface area contributed by atoms with Crippen LogP contribution in [-0.2, 0) is 0 Å². The zero-order valence-electron chi connectivity index (χ0n) is 10.6. The van der Waals surface area contributed by atoms with E-state index in [4.69, 9.17) is 16.7 Å². The molecule has 2 N–H and O–H groups in total. The minimum absolute atomic E-state index is 0.0232. The molecule has 0 fully saturated rings. The Bertz CT molecular complexity index is 838. The Hall–Kier alpha value is -2.73. The van der Waals surface area contributed by atoms with Crippen molar-refractivity contribution in [3.63, 3.8) is 0 Å². The molecule has 0 aliphatic rings. The predicted octanol–water partition coefficient (Wildman–Crippen LogP) is 3.12. The molecule has 0 amide bonds. The Labute approximate surface area is 124 Å². The lowest BCUT2D eigenvalue weighted by Crippen LogP contribution is -2.06. The van der Waals surface area contributed by atoms with Gasteiger partial charge in [-0.25, -0.2) is 9.78 Å². The monoisotopic (exact) mass is 300 g/mol. The molecule has 3 rings (SSSR count). The van der Waals surface area contributed by atoms with Crippen molar-refractivity contribution in [1.82, 2.24) is 15.0 Å². The van der Waals surface area contributed by atoms with Crippen LogP contribution in [0, 0.1) is 0 Å². The van der Waals surface area contributed by atoms with Gasteiger partial charge in [-0.1, -0.05) is 6.07 Å². The van der Waals surface area contributed by atoms with Gasteiger partial charge < -0.3 is 10.4 Å². The molecule has 1 aromatic carbocycles. The highest BCUT2D eigenvalue weighted by atomic mass is 35.5. The first-order valence-corrected chi connectivity index (χ1v) is 6.39. The molecule has 2 aromatic heterocycles. The van der Waals surface area contributed by atoms with Crippen LogP contribution in [0.4, 0.5) is 11.5 Å². The first kappa shape index (κ1) is 13.3. The molecule has 0 aliphatic carbocycles. The van der Waals surface area contributed by atoms with Crippen molar-refractivity contribution in [3.05, 3.63) is 53.6 Å². The fourth-order valence-electron chi connectivity index (χ4n) is 1.90. The number of aromatic nitrogens is 3. The van der Waals surface area contributed by atoms with Gasteiger partial charge >= 0.3 is 5.97 Å². The predicted molar refractivity (Wildman–Crippen MR) is 79.0 cm³/mol. The molecule has 0 radical (unpaired) electrons. The van der Waals surface area contributed by atoms with Gasteiger partial charge in [0.25, 0.3) is 0 Å². The van der Waals surface area contributed by atoms with Gasteiger partial charge in [0.15, 0.2) is 0 Å². The van der Waals surface area contributed by atoms with E-state index in [9.17, 15) is 4.79 Å². The number of aromatic carboxylic acids is 1. The minimum atomic E-state index is -1.13. The molecule has 0 bridgehead atoms. The third-order valence-corrected chi connectivity index (χ3v) is 3.04. The Morgan fingerprint density at radius 3 is 2.90 bits per heavy atom. The number of carboxylic acids is 1. The van der Waals surface area contributed by atoms with Crippen LogP contribution < -0.4 is 5.32 Å². The Kier molecular flexibility index (Phi) is 3.37. The number of nitrogens with one attached hydrogen (secondary N) is 1. The van der Waals surface area contributed by atoms with Crippen LogP contribution in [0.3, 0.4) is 0 Å². The topological polar surface area (TPSA) is 88.0 Å². The molecule has 0 saturated carbocycles. The van der Waals surface area contributed by atoms with Gasteiger partial charge in [0.1, 0.15) is 11.4 Å². The lowest BCUT2D eigenvalue weighted by Gasteiger charge is -2.09. The van der Waals surface area contributed by atoms with E-state index in [-0.39, 0.29) is 16.7 Å². The molecule has 0 saturated heterocycles. The maximum atomic E-state index is 11.2. The van der Waals surface area contributed by atoms with Gasteiger partial charge in [0.2, 0.25) is 5.28 Å². The van der Waals surface area contributed by atoms with Crippen molar-refractivity contribution in [2.75, 3.05) is 5.32 Å². The van der Waals surface area contributed by atoms with Crippen LogP contribution in [0.25, 0.3) is 10.9 Å². The van der Waals surface area contributed by atoms with E-state index in [0.29, 0.717) is 5.69 Å². The first-order valence-electron chi connectivity index (χ1n) is 6.01. The molecule has 0 unspecified atom stereocenters. The summed E-state index contributed by atoms with van der Waals surface area (Å²) in [4.78, 5) is 23.0. The molecule has 0 spiro atoms. The minimum Gasteiger partial charge on any atom is -0.477 e. The average Bonchev–Trinajstić information content (AvgIpc) is 2.47. The van der Waals surface area contributed by atoms with Crippen molar-refractivity contribution in [2.45, 2.75) is 0 Å². The smallest absolute Gasteiger partial charge is 0.341 e. The summed E-state index contributed by atoms with van der Waals surface area (Å²) in [5.74, 6) is -0.984. The summed E-state index contributed by atoms with van der Waals surface area (Å²) in [6.45, 7) is 0. The molecule has 21 heavy (non-hydrogen) atoms. The summed E-state index contributed by atoms with van der Waals surface area (Å²) in [7, 11) is 0. The van der Waals surface area contributed by atoms with Gasteiger partial charge in [-0.15, -0.1) is 0 Å². The summed E-state index contributed by atoms with van der Waals surface area (Å²) < 4.78 is 0. The maximum absolute atomic E-state index is 11.2. The largest absolute Gasteiger partial charge is 0.477 e. The van der Waals surface area contributed by atoms with Crippen molar-refractivity contribution in [3.8, 4) is 0 Å². The Morgan fingerprint density at radius 2 is 2.10 bits per heavy atom. The van der Waals surface area contributed by atoms with Gasteiger partial charge in [-0.05, 0) is 35.9 Å². The number of benzene rings is 1. The van der Waals surface area contributed by atoms with Gasteiger partial charge in [-0.2, -0.15) is 4.98 Å². The van der Waals surface area contributed by atoms with Gasteiger partial charge in [0, 0.05) is 23.5 Å². The van der Waals surface area contributed by atoms with Gasteiger partial charge in [-0.3, -0.25) is 4.98 Å². The molecule has 6 nitrogen and oxygen atoms in total. The number of carbonyl (C=O) groups is 1. The number of rotatable bonds is 3. The second-order valence-corrected chi connectivity index (χ2v) is 4.58. The van der Waals surface area contributed by atoms with E-state index in [0.717, 1.165) is 10.9 Å². The van der Waals surface area contributed by atoms with Crippen LogP contribution in [0.5, 0.6) is 0 Å². The second kappa shape index (κ2) is 5.34. The van der Waals surface area contributed by atoms with Gasteiger partial charge in [0.05, 0.1) is 5.52 Å². The van der Waals surface area contributed by atoms with Crippen molar-refractivity contribution < 1.29 is 9.90 Å². The molecule has 7 heteroatoms. The Balaban J connectivity index is 2.02. The van der Waals surface area contributed by atoms with E-state index in [2.05, 4.69) is 20.3 Å². The quantitative estimate of drug-likeness (QED) is 0.723. The van der Waals surface area contributed by atoms with Crippen LogP contribution >= 0.6 is 11.6 Å². The number of pyridine rings is 1. The number of halogens is 1. The molecule has 2 heterocycles. The second-order valence-electron chi connectivity index (χ2n) is 4.24. The lowest BCUT2D eigenvalue weighted by atomic mass is 10.2. The van der Waals surface area contributed by atoms with Crippen LogP contribution in [0.2, 0.25) is 5.28 Å². The number of hydrogen-bond donors (Lipinski definition) is 2. The molecular weight excluding hydrogens is 292 g/mol. The fraction of sp³-hybridized carbons (Fsp3) is 0. The van der Waals surface area contributed by atoms with E-state index in [1.54, 1.807) is 12.3 Å². The SMILES string of the molecule is O=C(O)c1cnc(Cl)nc1Nc1ccc2ncccc2c1. The standard InChI is InChI=1S/C14H9ClN4O2/c15-14-17-7-10(13(20)21)12(19-14)18-9-3-4-11-8(6-9)2-1-5-16-11/h1-7H,(H,20,21)(H,17,18,19). The summed E-state index contributed by atoms with van der Waals surface area (Å²) in [5.41, 5.74) is 1.49. The molecule has 3 aromatic rings. The van der Waals surface area contributed by atoms with E-state index < -0.39 is 5.97 Å². The number of nitrogens with zero attached hydrogens (tertiary/aromatic N) is 3. The van der Waals surface area contributed by atoms with Crippen molar-refractivity contribution in [2.24, 2.45) is 0 Å². The molecular formula is C14H9ClN4O2. The summed E-state index contributed by atoms with van der Waals surface area (Å²) in [6, 6.07) is 9.22. The van der Waals surface area contributed by atoms with Crippen molar-refractivity contribution >= 4 is 40.0 Å². The Morgan fingerprint density at radius 1 is 1.24 bits per heavy atom. The maximum Gasteiger partial charge on any atom is 0.341 e.